The number of rotatable bonds is 32. The SMILES string of the molecule is CC/C=C/C=C/C=C/C=C/C=C/C=C/CCCCCC(=O)OCC(COCCC(C(=O)[O-])[N+](C)(C)C)OC(=O)CCCCC/C=C/C=C/CCCC. The maximum absolute atomic E-state index is 12.6. The number of carbonyl (C=O) groups is 3. The van der Waals surface area contributed by atoms with Crippen LogP contribution < -0.4 is 5.11 Å². The molecule has 8 heteroatoms. The van der Waals surface area contributed by atoms with Crippen LogP contribution in [0.15, 0.2) is 97.2 Å². The van der Waals surface area contributed by atoms with Crippen LogP contribution >= 0.6 is 0 Å². The van der Waals surface area contributed by atoms with Gasteiger partial charge in [-0.1, -0.05) is 137 Å². The van der Waals surface area contributed by atoms with Crippen LogP contribution in [0.3, 0.4) is 0 Å². The average molecular weight is 724 g/mol. The van der Waals surface area contributed by atoms with Gasteiger partial charge in [0.2, 0.25) is 0 Å². The van der Waals surface area contributed by atoms with E-state index in [1.54, 1.807) is 21.1 Å². The Morgan fingerprint density at radius 3 is 1.58 bits per heavy atom. The highest BCUT2D eigenvalue weighted by Gasteiger charge is 2.25. The van der Waals surface area contributed by atoms with Gasteiger partial charge in [0.05, 0.1) is 40.3 Å². The molecular weight excluding hydrogens is 654 g/mol. The Hall–Kier alpha value is -3.75. The number of quaternary nitrogens is 1. The molecule has 0 saturated heterocycles. The Kier molecular flexibility index (Phi) is 31.9. The van der Waals surface area contributed by atoms with Gasteiger partial charge in [0, 0.05) is 19.3 Å². The van der Waals surface area contributed by atoms with Gasteiger partial charge in [-0.25, -0.2) is 0 Å². The molecule has 0 N–H and O–H groups in total. The van der Waals surface area contributed by atoms with E-state index in [0.29, 0.717) is 12.8 Å². The first-order valence-corrected chi connectivity index (χ1v) is 19.4. The van der Waals surface area contributed by atoms with Crippen molar-refractivity contribution in [3.8, 4) is 0 Å². The number of ether oxygens (including phenoxy) is 3. The molecule has 0 aromatic rings. The molecule has 0 aromatic carbocycles. The lowest BCUT2D eigenvalue weighted by Crippen LogP contribution is -2.55. The third-order valence-electron chi connectivity index (χ3n) is 7.89. The van der Waals surface area contributed by atoms with Crippen molar-refractivity contribution in [2.45, 2.75) is 122 Å². The van der Waals surface area contributed by atoms with Crippen LogP contribution in [-0.4, -0.2) is 75.5 Å². The molecule has 0 aliphatic heterocycles. The van der Waals surface area contributed by atoms with Gasteiger partial charge in [-0.15, -0.1) is 0 Å². The Morgan fingerprint density at radius 1 is 0.596 bits per heavy atom. The molecule has 0 aromatic heterocycles. The zero-order valence-electron chi connectivity index (χ0n) is 32.9. The quantitative estimate of drug-likeness (QED) is 0.0297. The minimum absolute atomic E-state index is 0.00799. The van der Waals surface area contributed by atoms with E-state index >= 15 is 0 Å². The summed E-state index contributed by atoms with van der Waals surface area (Å²) in [5, 5.41) is 11.6. The summed E-state index contributed by atoms with van der Waals surface area (Å²) in [6, 6.07) is -0.742. The Bertz CT molecular complexity index is 1170. The van der Waals surface area contributed by atoms with E-state index < -0.39 is 18.1 Å². The van der Waals surface area contributed by atoms with Gasteiger partial charge in [0.15, 0.2) is 6.10 Å². The third kappa shape index (κ3) is 32.2. The summed E-state index contributed by atoms with van der Waals surface area (Å²) >= 11 is 0. The van der Waals surface area contributed by atoms with Crippen LogP contribution in [0.2, 0.25) is 0 Å². The number of allylic oxidation sites excluding steroid dienone is 16. The predicted octanol–water partition coefficient (Wildman–Crippen LogP) is 8.62. The molecule has 0 bridgehead atoms. The van der Waals surface area contributed by atoms with Crippen LogP contribution in [0.4, 0.5) is 0 Å². The Balaban J connectivity index is 4.57. The fourth-order valence-corrected chi connectivity index (χ4v) is 4.84. The summed E-state index contributed by atoms with van der Waals surface area (Å²) in [5.74, 6) is -1.85. The molecular formula is C44H69NO7. The number of hydrogen-bond acceptors (Lipinski definition) is 7. The predicted molar refractivity (Wildman–Crippen MR) is 212 cm³/mol. The summed E-state index contributed by atoms with van der Waals surface area (Å²) in [7, 11) is 5.36. The van der Waals surface area contributed by atoms with Gasteiger partial charge >= 0.3 is 11.9 Å². The molecule has 0 saturated carbocycles. The van der Waals surface area contributed by atoms with Gasteiger partial charge < -0.3 is 28.6 Å². The maximum Gasteiger partial charge on any atom is 0.306 e. The number of likely N-dealkylation sites (N-methyl/N-ethyl adjacent to an activating group) is 1. The van der Waals surface area contributed by atoms with Crippen LogP contribution in [0.1, 0.15) is 110 Å². The molecule has 0 aliphatic rings. The minimum atomic E-state index is -1.14. The zero-order valence-corrected chi connectivity index (χ0v) is 32.9. The number of nitrogens with zero attached hydrogens (tertiary/aromatic N) is 1. The number of carboxylic acids is 1. The lowest BCUT2D eigenvalue weighted by Gasteiger charge is -2.34. The second-order valence-corrected chi connectivity index (χ2v) is 13.6. The molecule has 0 fully saturated rings. The van der Waals surface area contributed by atoms with Crippen molar-refractivity contribution in [2.75, 3.05) is 41.0 Å². The van der Waals surface area contributed by atoms with Gasteiger partial charge in [0.1, 0.15) is 12.6 Å². The lowest BCUT2D eigenvalue weighted by atomic mass is 10.1. The molecule has 292 valence electrons. The molecule has 8 nitrogen and oxygen atoms in total. The first kappa shape index (κ1) is 48.2. The van der Waals surface area contributed by atoms with Crippen molar-refractivity contribution in [3.05, 3.63) is 97.2 Å². The van der Waals surface area contributed by atoms with E-state index in [1.807, 2.05) is 60.8 Å². The second kappa shape index (κ2) is 34.3. The first-order valence-electron chi connectivity index (χ1n) is 19.4. The molecule has 2 unspecified atom stereocenters. The van der Waals surface area contributed by atoms with Crippen molar-refractivity contribution < 1.29 is 38.2 Å². The summed E-state index contributed by atoms with van der Waals surface area (Å²) in [6.07, 6.45) is 44.3. The smallest absolute Gasteiger partial charge is 0.306 e. The molecule has 0 spiro atoms. The standard InChI is InChI=1S/C44H69NO7/c1-6-8-10-12-14-16-18-19-20-21-22-23-25-26-28-30-32-34-42(46)51-39-40(38-50-37-36-41(44(48)49)45(3,4)5)52-43(47)35-33-31-29-27-24-17-15-13-11-9-7-2/h8,10,12-25,40-41H,6-7,9,11,26-39H2,1-5H3/b10-8+,14-12+,15-13+,18-16+,20-19+,22-21+,24-17+,25-23+. The molecule has 2 atom stereocenters. The van der Waals surface area contributed by atoms with E-state index in [1.165, 1.54) is 12.8 Å². The maximum atomic E-state index is 12.6. The summed E-state index contributed by atoms with van der Waals surface area (Å²) in [6.45, 7) is 4.34. The van der Waals surface area contributed by atoms with Crippen LogP contribution in [0, 0.1) is 0 Å². The fraction of sp³-hybridized carbons (Fsp3) is 0.568. The highest BCUT2D eigenvalue weighted by Crippen LogP contribution is 2.11. The van der Waals surface area contributed by atoms with E-state index in [0.717, 1.165) is 51.4 Å². The molecule has 0 radical (unpaired) electrons. The monoisotopic (exact) mass is 724 g/mol. The highest BCUT2D eigenvalue weighted by atomic mass is 16.6. The topological polar surface area (TPSA) is 102 Å². The summed E-state index contributed by atoms with van der Waals surface area (Å²) in [4.78, 5) is 36.6. The van der Waals surface area contributed by atoms with Crippen molar-refractivity contribution in [1.29, 1.82) is 0 Å². The number of carbonyl (C=O) groups excluding carboxylic acids is 3. The lowest BCUT2D eigenvalue weighted by molar-refractivity contribution is -0.889. The van der Waals surface area contributed by atoms with Crippen molar-refractivity contribution in [3.63, 3.8) is 0 Å². The van der Waals surface area contributed by atoms with Crippen LogP contribution in [0.25, 0.3) is 0 Å². The van der Waals surface area contributed by atoms with E-state index in [4.69, 9.17) is 14.2 Å². The zero-order chi connectivity index (χ0) is 38.5. The van der Waals surface area contributed by atoms with E-state index in [-0.39, 0.29) is 55.5 Å². The molecule has 0 amide bonds. The van der Waals surface area contributed by atoms with Gasteiger partial charge in [-0.3, -0.25) is 9.59 Å². The third-order valence-corrected chi connectivity index (χ3v) is 7.89. The second-order valence-electron chi connectivity index (χ2n) is 13.6. The highest BCUT2D eigenvalue weighted by molar-refractivity contribution is 5.70. The van der Waals surface area contributed by atoms with Crippen molar-refractivity contribution in [2.24, 2.45) is 0 Å². The summed E-state index contributed by atoms with van der Waals surface area (Å²) < 4.78 is 17.0. The van der Waals surface area contributed by atoms with E-state index in [2.05, 4.69) is 50.3 Å². The normalized spacial score (nSPS) is 14.1. The van der Waals surface area contributed by atoms with Gasteiger partial charge in [-0.05, 0) is 51.4 Å². The first-order chi connectivity index (χ1) is 25.1. The number of aliphatic carboxylic acids is 1. The molecule has 0 aliphatic carbocycles. The molecule has 0 rings (SSSR count). The van der Waals surface area contributed by atoms with Gasteiger partial charge in [-0.2, -0.15) is 0 Å². The number of unbranched alkanes of at least 4 members (excludes halogenated alkanes) is 8. The Morgan fingerprint density at radius 2 is 1.08 bits per heavy atom. The minimum Gasteiger partial charge on any atom is -0.544 e. The molecule has 0 heterocycles. The summed E-state index contributed by atoms with van der Waals surface area (Å²) in [5.41, 5.74) is 0. The fourth-order valence-electron chi connectivity index (χ4n) is 4.84. The number of esters is 2. The van der Waals surface area contributed by atoms with Crippen molar-refractivity contribution >= 4 is 17.9 Å². The largest absolute Gasteiger partial charge is 0.544 e. The van der Waals surface area contributed by atoms with Gasteiger partial charge in [0.25, 0.3) is 0 Å². The number of carboxylic acid groups (broad SMARTS) is 1. The Labute approximate surface area is 316 Å². The molecule has 52 heavy (non-hydrogen) atoms. The average Bonchev–Trinajstić information content (AvgIpc) is 3.09. The van der Waals surface area contributed by atoms with Crippen LogP contribution in [-0.2, 0) is 28.6 Å². The number of hydrogen-bond donors (Lipinski definition) is 0. The van der Waals surface area contributed by atoms with Crippen molar-refractivity contribution in [1.82, 2.24) is 0 Å². The van der Waals surface area contributed by atoms with E-state index in [9.17, 15) is 19.5 Å². The van der Waals surface area contributed by atoms with Crippen LogP contribution in [0.5, 0.6) is 0 Å².